The van der Waals surface area contributed by atoms with Gasteiger partial charge in [0.15, 0.2) is 11.6 Å². The molecule has 3 aromatic rings. The van der Waals surface area contributed by atoms with Gasteiger partial charge in [-0.15, -0.1) is 0 Å². The van der Waals surface area contributed by atoms with Gasteiger partial charge >= 0.3 is 0 Å². The van der Waals surface area contributed by atoms with E-state index < -0.39 is 0 Å². The van der Waals surface area contributed by atoms with Crippen molar-refractivity contribution >= 4 is 40.5 Å². The number of nitrogen functional groups attached to an aromatic ring is 1. The summed E-state index contributed by atoms with van der Waals surface area (Å²) in [5.74, 6) is 0.993. The lowest BCUT2D eigenvalue weighted by atomic mass is 10.2. The Kier molecular flexibility index (Phi) is 5.58. The van der Waals surface area contributed by atoms with Crippen LogP contribution in [-0.2, 0) is 0 Å². The maximum atomic E-state index is 12.2. The zero-order valence-corrected chi connectivity index (χ0v) is 15.1. The summed E-state index contributed by atoms with van der Waals surface area (Å²) in [4.78, 5) is 20.3. The topological polar surface area (TPSA) is 114 Å². The van der Waals surface area contributed by atoms with Gasteiger partial charge in [0.25, 0.3) is 5.91 Å². The molecular weight excluding hydrogens is 368 g/mol. The van der Waals surface area contributed by atoms with Crippen LogP contribution in [0.4, 0.5) is 23.0 Å². The molecule has 0 unspecified atom stereocenters. The lowest BCUT2D eigenvalue weighted by molar-refractivity contribution is 0.0962. The lowest BCUT2D eigenvalue weighted by Crippen LogP contribution is -2.30. The molecule has 0 saturated carbocycles. The number of nitrogens with one attached hydrogen (secondary N) is 3. The minimum absolute atomic E-state index is 0.247. The number of hydrogen-bond acceptors (Lipinski definition) is 7. The zero-order chi connectivity index (χ0) is 19.2. The van der Waals surface area contributed by atoms with Gasteiger partial charge in [-0.05, 0) is 36.4 Å². The Labute approximate surface area is 160 Å². The molecule has 0 aliphatic heterocycles. The first-order valence-corrected chi connectivity index (χ1v) is 8.28. The molecule has 1 heterocycles. The van der Waals surface area contributed by atoms with Crippen LogP contribution in [0.25, 0.3) is 0 Å². The van der Waals surface area contributed by atoms with Gasteiger partial charge in [0.05, 0.1) is 7.11 Å². The van der Waals surface area contributed by atoms with Crippen LogP contribution in [0.3, 0.4) is 0 Å². The van der Waals surface area contributed by atoms with Gasteiger partial charge < -0.3 is 15.8 Å². The fourth-order valence-electron chi connectivity index (χ4n) is 2.22. The Bertz CT molecular complexity index is 949. The number of nitrogens with two attached hydrogens (primary N) is 1. The van der Waals surface area contributed by atoms with Crippen LogP contribution in [0.15, 0.2) is 54.9 Å². The van der Waals surface area contributed by atoms with Crippen LogP contribution in [0.5, 0.6) is 5.75 Å². The zero-order valence-electron chi connectivity index (χ0n) is 14.4. The van der Waals surface area contributed by atoms with E-state index in [0.717, 1.165) is 5.69 Å². The smallest absolute Gasteiger partial charge is 0.269 e. The second-order valence-electron chi connectivity index (χ2n) is 5.43. The Morgan fingerprint density at radius 2 is 1.85 bits per heavy atom. The number of benzene rings is 2. The van der Waals surface area contributed by atoms with Crippen molar-refractivity contribution in [3.63, 3.8) is 0 Å². The molecular formula is C18H17ClN6O2. The van der Waals surface area contributed by atoms with Crippen molar-refractivity contribution in [2.24, 2.45) is 0 Å². The third kappa shape index (κ3) is 4.56. The monoisotopic (exact) mass is 384 g/mol. The van der Waals surface area contributed by atoms with Crippen LogP contribution < -0.4 is 26.6 Å². The molecule has 8 nitrogen and oxygen atoms in total. The molecule has 2 aromatic carbocycles. The van der Waals surface area contributed by atoms with Gasteiger partial charge in [0.1, 0.15) is 17.8 Å². The first-order valence-electron chi connectivity index (χ1n) is 7.90. The van der Waals surface area contributed by atoms with Crippen molar-refractivity contribution in [1.29, 1.82) is 0 Å². The summed E-state index contributed by atoms with van der Waals surface area (Å²) >= 11 is 5.82. The molecule has 1 aromatic heterocycles. The number of hydrogen-bond donors (Lipinski definition) is 4. The van der Waals surface area contributed by atoms with Crippen molar-refractivity contribution in [2.45, 2.75) is 0 Å². The number of rotatable bonds is 6. The third-order valence-corrected chi connectivity index (χ3v) is 3.87. The summed E-state index contributed by atoms with van der Waals surface area (Å²) in [5, 5.41) is 3.64. The molecule has 27 heavy (non-hydrogen) atoms. The second kappa shape index (κ2) is 8.24. The summed E-state index contributed by atoms with van der Waals surface area (Å²) in [5.41, 5.74) is 12.8. The number of amides is 1. The number of hydrazine groups is 1. The number of halogens is 1. The number of nitrogens with zero attached hydrogens (tertiary/aromatic N) is 2. The molecule has 0 spiro atoms. The van der Waals surface area contributed by atoms with Gasteiger partial charge in [-0.3, -0.25) is 15.6 Å². The largest absolute Gasteiger partial charge is 0.497 e. The van der Waals surface area contributed by atoms with Crippen LogP contribution in [-0.4, -0.2) is 23.0 Å². The minimum Gasteiger partial charge on any atom is -0.497 e. The van der Waals surface area contributed by atoms with E-state index in [-0.39, 0.29) is 17.4 Å². The number of ether oxygens (including phenoxy) is 1. The molecule has 0 saturated heterocycles. The second-order valence-corrected chi connectivity index (χ2v) is 5.86. The van der Waals surface area contributed by atoms with Crippen molar-refractivity contribution in [1.82, 2.24) is 15.4 Å². The van der Waals surface area contributed by atoms with Crippen molar-refractivity contribution in [2.75, 3.05) is 23.6 Å². The molecule has 0 atom stereocenters. The third-order valence-electron chi connectivity index (χ3n) is 3.62. The summed E-state index contributed by atoms with van der Waals surface area (Å²) in [7, 11) is 1.59. The molecule has 0 aliphatic rings. The quantitative estimate of drug-likeness (QED) is 0.482. The molecule has 3 rings (SSSR count). The van der Waals surface area contributed by atoms with E-state index >= 15 is 0 Å². The van der Waals surface area contributed by atoms with Crippen LogP contribution >= 0.6 is 11.6 Å². The van der Waals surface area contributed by atoms with Crippen LogP contribution in [0.2, 0.25) is 5.02 Å². The Morgan fingerprint density at radius 3 is 2.59 bits per heavy atom. The fraction of sp³-hybridized carbons (Fsp3) is 0.0556. The maximum absolute atomic E-state index is 12.2. The molecule has 0 fully saturated rings. The van der Waals surface area contributed by atoms with E-state index in [1.165, 1.54) is 6.33 Å². The summed E-state index contributed by atoms with van der Waals surface area (Å²) in [6.45, 7) is 0. The van der Waals surface area contributed by atoms with E-state index in [1.54, 1.807) is 37.4 Å². The van der Waals surface area contributed by atoms with Gasteiger partial charge in [0, 0.05) is 22.3 Å². The van der Waals surface area contributed by atoms with Crippen molar-refractivity contribution in [3.05, 3.63) is 65.4 Å². The van der Waals surface area contributed by atoms with Crippen LogP contribution in [0.1, 0.15) is 10.4 Å². The lowest BCUT2D eigenvalue weighted by Gasteiger charge is -2.13. The van der Waals surface area contributed by atoms with E-state index in [1.807, 2.05) is 18.2 Å². The molecule has 0 aliphatic carbocycles. The van der Waals surface area contributed by atoms with Crippen molar-refractivity contribution < 1.29 is 9.53 Å². The normalized spacial score (nSPS) is 10.1. The first kappa shape index (κ1) is 18.3. The minimum atomic E-state index is -0.355. The van der Waals surface area contributed by atoms with Gasteiger partial charge in [-0.2, -0.15) is 0 Å². The van der Waals surface area contributed by atoms with Gasteiger partial charge in [0.2, 0.25) is 0 Å². The fourth-order valence-corrected chi connectivity index (χ4v) is 2.35. The highest BCUT2D eigenvalue weighted by Crippen LogP contribution is 2.27. The van der Waals surface area contributed by atoms with E-state index in [0.29, 0.717) is 22.2 Å². The summed E-state index contributed by atoms with van der Waals surface area (Å²) < 4.78 is 5.19. The number of carbonyl (C=O) groups is 1. The molecule has 0 bridgehead atoms. The Hall–Kier alpha value is -3.52. The SMILES string of the molecule is COc1cccc(Nc2ncnc(NNC(=O)c3ccc(Cl)cc3)c2N)c1. The van der Waals surface area contributed by atoms with Gasteiger partial charge in [-0.25, -0.2) is 9.97 Å². The van der Waals surface area contributed by atoms with E-state index in [9.17, 15) is 4.79 Å². The number of aromatic nitrogens is 2. The van der Waals surface area contributed by atoms with Crippen LogP contribution in [0, 0.1) is 0 Å². The maximum Gasteiger partial charge on any atom is 0.269 e. The number of anilines is 4. The summed E-state index contributed by atoms with van der Waals surface area (Å²) in [6, 6.07) is 13.8. The highest BCUT2D eigenvalue weighted by molar-refractivity contribution is 6.30. The average molecular weight is 385 g/mol. The molecule has 1 amide bonds. The van der Waals surface area contributed by atoms with Gasteiger partial charge in [-0.1, -0.05) is 17.7 Å². The standard InChI is InChI=1S/C18H17ClN6O2/c1-27-14-4-2-3-13(9-14)23-16-15(20)17(22-10-21-16)24-25-18(26)11-5-7-12(19)8-6-11/h2-10H,20H2,1H3,(H,25,26)(H2,21,22,23,24). The molecule has 5 N–H and O–H groups in total. The molecule has 9 heteroatoms. The Balaban J connectivity index is 1.70. The Morgan fingerprint density at radius 1 is 1.11 bits per heavy atom. The summed E-state index contributed by atoms with van der Waals surface area (Å²) in [6.07, 6.45) is 1.33. The average Bonchev–Trinajstić information content (AvgIpc) is 2.69. The molecule has 138 valence electrons. The van der Waals surface area contributed by atoms with E-state index in [4.69, 9.17) is 22.1 Å². The van der Waals surface area contributed by atoms with Crippen molar-refractivity contribution in [3.8, 4) is 5.75 Å². The predicted molar refractivity (Wildman–Crippen MR) is 105 cm³/mol. The highest BCUT2D eigenvalue weighted by atomic mass is 35.5. The number of methoxy groups -OCH3 is 1. The predicted octanol–water partition coefficient (Wildman–Crippen LogP) is 3.22. The highest BCUT2D eigenvalue weighted by Gasteiger charge is 2.11. The first-order chi connectivity index (χ1) is 13.1. The van der Waals surface area contributed by atoms with E-state index in [2.05, 4.69) is 26.1 Å². The molecule has 0 radical (unpaired) electrons. The number of carbonyl (C=O) groups excluding carboxylic acids is 1.